The van der Waals surface area contributed by atoms with Crippen LogP contribution in [0.3, 0.4) is 0 Å². The van der Waals surface area contributed by atoms with E-state index in [0.29, 0.717) is 19.5 Å². The first kappa shape index (κ1) is 14.5. The van der Waals surface area contributed by atoms with Gasteiger partial charge >= 0.3 is 0 Å². The SMILES string of the molecule is CC(C)(CCN)CCC(=O)N1CCCC(O)C1. The molecule has 0 bridgehead atoms. The number of amides is 1. The number of carbonyl (C=O) groups is 1. The summed E-state index contributed by atoms with van der Waals surface area (Å²) < 4.78 is 0. The highest BCUT2D eigenvalue weighted by molar-refractivity contribution is 5.76. The first-order valence-electron chi connectivity index (χ1n) is 6.60. The number of aliphatic hydroxyl groups excluding tert-OH is 1. The van der Waals surface area contributed by atoms with Gasteiger partial charge in [0.2, 0.25) is 5.91 Å². The smallest absolute Gasteiger partial charge is 0.222 e. The Kier molecular flexibility index (Phi) is 5.40. The van der Waals surface area contributed by atoms with Crippen molar-refractivity contribution in [1.29, 1.82) is 0 Å². The van der Waals surface area contributed by atoms with Gasteiger partial charge in [-0.1, -0.05) is 13.8 Å². The van der Waals surface area contributed by atoms with E-state index in [9.17, 15) is 9.90 Å². The van der Waals surface area contributed by atoms with Crippen LogP contribution in [-0.4, -0.2) is 41.7 Å². The van der Waals surface area contributed by atoms with Crippen LogP contribution in [0.15, 0.2) is 0 Å². The molecule has 0 radical (unpaired) electrons. The molecule has 1 amide bonds. The highest BCUT2D eigenvalue weighted by atomic mass is 16.3. The molecule has 0 saturated carbocycles. The van der Waals surface area contributed by atoms with Crippen LogP contribution in [-0.2, 0) is 4.79 Å². The number of nitrogens with two attached hydrogens (primary N) is 1. The van der Waals surface area contributed by atoms with Crippen LogP contribution in [0, 0.1) is 5.41 Å². The fourth-order valence-corrected chi connectivity index (χ4v) is 2.30. The summed E-state index contributed by atoms with van der Waals surface area (Å²) in [5, 5.41) is 9.53. The van der Waals surface area contributed by atoms with Crippen LogP contribution >= 0.6 is 0 Å². The molecule has 1 heterocycles. The predicted octanol–water partition coefficient (Wildman–Crippen LogP) is 1.12. The Morgan fingerprint density at radius 2 is 2.18 bits per heavy atom. The van der Waals surface area contributed by atoms with Crippen molar-refractivity contribution < 1.29 is 9.90 Å². The summed E-state index contributed by atoms with van der Waals surface area (Å²) in [5.74, 6) is 0.175. The highest BCUT2D eigenvalue weighted by Gasteiger charge is 2.24. The molecule has 1 aliphatic rings. The van der Waals surface area contributed by atoms with Gasteiger partial charge in [0.05, 0.1) is 6.10 Å². The first-order valence-corrected chi connectivity index (χ1v) is 6.60. The van der Waals surface area contributed by atoms with Crippen molar-refractivity contribution >= 4 is 5.91 Å². The van der Waals surface area contributed by atoms with Gasteiger partial charge in [0.1, 0.15) is 0 Å². The molecular formula is C13H26N2O2. The number of β-amino-alcohol motifs (C(OH)–C–C–N with tert-alkyl or cyclic N) is 1. The van der Waals surface area contributed by atoms with E-state index >= 15 is 0 Å². The molecule has 0 aromatic heterocycles. The zero-order valence-corrected chi connectivity index (χ0v) is 11.1. The van der Waals surface area contributed by atoms with Gasteiger partial charge < -0.3 is 15.7 Å². The number of piperidine rings is 1. The maximum absolute atomic E-state index is 12.0. The number of hydrogen-bond acceptors (Lipinski definition) is 3. The van der Waals surface area contributed by atoms with Crippen molar-refractivity contribution in [2.75, 3.05) is 19.6 Å². The molecule has 0 aliphatic carbocycles. The van der Waals surface area contributed by atoms with Crippen LogP contribution < -0.4 is 5.73 Å². The number of hydrogen-bond donors (Lipinski definition) is 2. The van der Waals surface area contributed by atoms with Crippen LogP contribution in [0.5, 0.6) is 0 Å². The molecule has 4 heteroatoms. The van der Waals surface area contributed by atoms with Crippen molar-refractivity contribution in [2.24, 2.45) is 11.1 Å². The summed E-state index contributed by atoms with van der Waals surface area (Å²) in [6, 6.07) is 0. The van der Waals surface area contributed by atoms with Gasteiger partial charge in [0.15, 0.2) is 0 Å². The molecule has 17 heavy (non-hydrogen) atoms. The standard InChI is InChI=1S/C13H26N2O2/c1-13(2,7-8-14)6-5-12(17)15-9-3-4-11(16)10-15/h11,16H,3-10,14H2,1-2H3. The van der Waals surface area contributed by atoms with Crippen LogP contribution in [0.4, 0.5) is 0 Å². The lowest BCUT2D eigenvalue weighted by Crippen LogP contribution is -2.42. The summed E-state index contributed by atoms with van der Waals surface area (Å²) in [6.45, 7) is 6.28. The van der Waals surface area contributed by atoms with Crippen LogP contribution in [0.2, 0.25) is 0 Å². The molecule has 1 fully saturated rings. The van der Waals surface area contributed by atoms with Crippen molar-refractivity contribution in [3.8, 4) is 0 Å². The maximum atomic E-state index is 12.0. The van der Waals surface area contributed by atoms with Gasteiger partial charge in [-0.2, -0.15) is 0 Å². The van der Waals surface area contributed by atoms with E-state index in [1.165, 1.54) is 0 Å². The topological polar surface area (TPSA) is 66.6 Å². The molecule has 1 rings (SSSR count). The van der Waals surface area contributed by atoms with Crippen LogP contribution in [0.1, 0.15) is 46.0 Å². The summed E-state index contributed by atoms with van der Waals surface area (Å²) in [4.78, 5) is 13.8. The zero-order chi connectivity index (χ0) is 12.9. The minimum Gasteiger partial charge on any atom is -0.391 e. The van der Waals surface area contributed by atoms with Crippen molar-refractivity contribution in [3.63, 3.8) is 0 Å². The second kappa shape index (κ2) is 6.36. The Morgan fingerprint density at radius 3 is 2.76 bits per heavy atom. The molecular weight excluding hydrogens is 216 g/mol. The number of likely N-dealkylation sites (tertiary alicyclic amines) is 1. The van der Waals surface area contributed by atoms with E-state index in [4.69, 9.17) is 5.73 Å². The monoisotopic (exact) mass is 242 g/mol. The molecule has 1 aliphatic heterocycles. The fraction of sp³-hybridized carbons (Fsp3) is 0.923. The molecule has 1 atom stereocenters. The lowest BCUT2D eigenvalue weighted by atomic mass is 9.84. The Labute approximate surface area is 104 Å². The van der Waals surface area contributed by atoms with Crippen LogP contribution in [0.25, 0.3) is 0 Å². The second-order valence-corrected chi connectivity index (χ2v) is 5.84. The average molecular weight is 242 g/mol. The summed E-state index contributed by atoms with van der Waals surface area (Å²) in [7, 11) is 0. The van der Waals surface area contributed by atoms with E-state index in [2.05, 4.69) is 13.8 Å². The van der Waals surface area contributed by atoms with E-state index in [0.717, 1.165) is 32.2 Å². The highest BCUT2D eigenvalue weighted by Crippen LogP contribution is 2.26. The number of rotatable bonds is 5. The third-order valence-corrected chi connectivity index (χ3v) is 3.59. The maximum Gasteiger partial charge on any atom is 0.222 e. The predicted molar refractivity (Wildman–Crippen MR) is 68.5 cm³/mol. The molecule has 0 aromatic rings. The van der Waals surface area contributed by atoms with Crippen molar-refractivity contribution in [1.82, 2.24) is 4.90 Å². The molecule has 3 N–H and O–H groups in total. The third kappa shape index (κ3) is 5.04. The summed E-state index contributed by atoms with van der Waals surface area (Å²) >= 11 is 0. The molecule has 4 nitrogen and oxygen atoms in total. The number of nitrogens with zero attached hydrogens (tertiary/aromatic N) is 1. The van der Waals surface area contributed by atoms with Crippen molar-refractivity contribution in [2.45, 2.75) is 52.1 Å². The third-order valence-electron chi connectivity index (χ3n) is 3.59. The fourth-order valence-electron chi connectivity index (χ4n) is 2.30. The average Bonchev–Trinajstić information content (AvgIpc) is 2.26. The van der Waals surface area contributed by atoms with Gasteiger partial charge in [-0.3, -0.25) is 4.79 Å². The molecule has 0 spiro atoms. The van der Waals surface area contributed by atoms with E-state index < -0.39 is 0 Å². The second-order valence-electron chi connectivity index (χ2n) is 5.84. The summed E-state index contributed by atoms with van der Waals surface area (Å²) in [5.41, 5.74) is 5.69. The van der Waals surface area contributed by atoms with Gasteiger partial charge in [-0.25, -0.2) is 0 Å². The van der Waals surface area contributed by atoms with E-state index in [-0.39, 0.29) is 17.4 Å². The molecule has 100 valence electrons. The quantitative estimate of drug-likeness (QED) is 0.759. The van der Waals surface area contributed by atoms with E-state index in [1.807, 2.05) is 0 Å². The minimum absolute atomic E-state index is 0.138. The Hall–Kier alpha value is -0.610. The van der Waals surface area contributed by atoms with Gasteiger partial charge in [-0.05, 0) is 37.6 Å². The zero-order valence-electron chi connectivity index (χ0n) is 11.1. The number of carbonyl (C=O) groups excluding carboxylic acids is 1. The molecule has 0 aromatic carbocycles. The Bertz CT molecular complexity index is 254. The Balaban J connectivity index is 2.33. The van der Waals surface area contributed by atoms with E-state index in [1.54, 1.807) is 4.90 Å². The number of aliphatic hydroxyl groups is 1. The largest absolute Gasteiger partial charge is 0.391 e. The normalized spacial score (nSPS) is 21.6. The van der Waals surface area contributed by atoms with Gasteiger partial charge in [0, 0.05) is 19.5 Å². The summed E-state index contributed by atoms with van der Waals surface area (Å²) in [6.07, 6.45) is 3.80. The van der Waals surface area contributed by atoms with Gasteiger partial charge in [0.25, 0.3) is 0 Å². The Morgan fingerprint density at radius 1 is 1.47 bits per heavy atom. The van der Waals surface area contributed by atoms with Crippen molar-refractivity contribution in [3.05, 3.63) is 0 Å². The van der Waals surface area contributed by atoms with Gasteiger partial charge in [-0.15, -0.1) is 0 Å². The molecule has 1 saturated heterocycles. The lowest BCUT2D eigenvalue weighted by molar-refractivity contribution is -0.134. The molecule has 1 unspecified atom stereocenters. The lowest BCUT2D eigenvalue weighted by Gasteiger charge is -2.31. The minimum atomic E-state index is -0.329. The first-order chi connectivity index (χ1) is 7.94.